The largest absolute Gasteiger partial charge is 0.383 e. The molecule has 0 bridgehead atoms. The van der Waals surface area contributed by atoms with Gasteiger partial charge in [0.25, 0.3) is 0 Å². The molecular weight excluding hydrogens is 164 g/mol. The van der Waals surface area contributed by atoms with E-state index in [4.69, 9.17) is 4.74 Å². The molecule has 1 rings (SSSR count). The molecule has 0 aliphatic carbocycles. The van der Waals surface area contributed by atoms with Crippen molar-refractivity contribution in [1.82, 2.24) is 10.2 Å². The fraction of sp³-hybridized carbons (Fsp3) is 1.00. The zero-order valence-electron chi connectivity index (χ0n) is 8.88. The number of methoxy groups -OCH3 is 1. The Kier molecular flexibility index (Phi) is 5.35. The molecule has 0 radical (unpaired) electrons. The van der Waals surface area contributed by atoms with Crippen LogP contribution in [0.25, 0.3) is 0 Å². The van der Waals surface area contributed by atoms with Gasteiger partial charge in [-0.15, -0.1) is 0 Å². The van der Waals surface area contributed by atoms with Crippen LogP contribution in [0.3, 0.4) is 0 Å². The van der Waals surface area contributed by atoms with E-state index in [0.29, 0.717) is 6.04 Å². The van der Waals surface area contributed by atoms with Crippen LogP contribution >= 0.6 is 0 Å². The first-order valence-corrected chi connectivity index (χ1v) is 5.24. The first-order chi connectivity index (χ1) is 6.33. The minimum absolute atomic E-state index is 0.708. The molecule has 13 heavy (non-hydrogen) atoms. The zero-order valence-corrected chi connectivity index (χ0v) is 8.88. The van der Waals surface area contributed by atoms with Crippen molar-refractivity contribution in [3.05, 3.63) is 0 Å². The third kappa shape index (κ3) is 4.60. The SMILES string of the molecule is COCCNC1CCCN(C)CC1. The molecule has 0 aromatic carbocycles. The standard InChI is InChI=1S/C10H22N2O/c1-12-7-3-4-10(5-8-12)11-6-9-13-2/h10-11H,3-9H2,1-2H3. The Morgan fingerprint density at radius 2 is 2.23 bits per heavy atom. The second kappa shape index (κ2) is 6.35. The molecule has 0 aromatic rings. The maximum Gasteiger partial charge on any atom is 0.0587 e. The van der Waals surface area contributed by atoms with Gasteiger partial charge in [-0.3, -0.25) is 0 Å². The lowest BCUT2D eigenvalue weighted by atomic mass is 10.1. The third-order valence-electron chi connectivity index (χ3n) is 2.69. The molecule has 1 N–H and O–H groups in total. The van der Waals surface area contributed by atoms with Crippen molar-refractivity contribution in [2.45, 2.75) is 25.3 Å². The summed E-state index contributed by atoms with van der Waals surface area (Å²) in [6.45, 7) is 4.30. The minimum atomic E-state index is 0.708. The second-order valence-electron chi connectivity index (χ2n) is 3.88. The molecule has 1 aliphatic rings. The fourth-order valence-electron chi connectivity index (χ4n) is 1.81. The average molecular weight is 186 g/mol. The van der Waals surface area contributed by atoms with Crippen molar-refractivity contribution in [2.24, 2.45) is 0 Å². The van der Waals surface area contributed by atoms with E-state index in [0.717, 1.165) is 13.2 Å². The number of rotatable bonds is 4. The van der Waals surface area contributed by atoms with Crippen LogP contribution in [0.15, 0.2) is 0 Å². The summed E-state index contributed by atoms with van der Waals surface area (Å²) in [7, 11) is 3.96. The van der Waals surface area contributed by atoms with Crippen molar-refractivity contribution >= 4 is 0 Å². The van der Waals surface area contributed by atoms with Crippen molar-refractivity contribution < 1.29 is 4.74 Å². The Morgan fingerprint density at radius 3 is 3.00 bits per heavy atom. The molecule has 1 heterocycles. The number of likely N-dealkylation sites (tertiary alicyclic amines) is 1. The predicted octanol–water partition coefficient (Wildman–Crippen LogP) is 0.707. The lowest BCUT2D eigenvalue weighted by Gasteiger charge is -2.16. The first kappa shape index (κ1) is 11.0. The summed E-state index contributed by atoms with van der Waals surface area (Å²) in [5, 5.41) is 3.53. The summed E-state index contributed by atoms with van der Waals surface area (Å²) >= 11 is 0. The quantitative estimate of drug-likeness (QED) is 0.654. The van der Waals surface area contributed by atoms with Crippen molar-refractivity contribution in [1.29, 1.82) is 0 Å². The minimum Gasteiger partial charge on any atom is -0.383 e. The number of nitrogens with one attached hydrogen (secondary N) is 1. The van der Waals surface area contributed by atoms with Crippen LogP contribution < -0.4 is 5.32 Å². The molecule has 0 aromatic heterocycles. The highest BCUT2D eigenvalue weighted by Gasteiger charge is 2.13. The van der Waals surface area contributed by atoms with Gasteiger partial charge in [0.15, 0.2) is 0 Å². The summed E-state index contributed by atoms with van der Waals surface area (Å²) < 4.78 is 5.01. The van der Waals surface area contributed by atoms with E-state index >= 15 is 0 Å². The van der Waals surface area contributed by atoms with Gasteiger partial charge in [0.2, 0.25) is 0 Å². The van der Waals surface area contributed by atoms with E-state index < -0.39 is 0 Å². The number of ether oxygens (including phenoxy) is 1. The number of hydrogen-bond acceptors (Lipinski definition) is 3. The van der Waals surface area contributed by atoms with Crippen LogP contribution in [-0.2, 0) is 4.74 Å². The monoisotopic (exact) mass is 186 g/mol. The van der Waals surface area contributed by atoms with Gasteiger partial charge >= 0.3 is 0 Å². The van der Waals surface area contributed by atoms with Crippen LogP contribution in [-0.4, -0.2) is 51.3 Å². The van der Waals surface area contributed by atoms with Gasteiger partial charge in [0, 0.05) is 19.7 Å². The Labute approximate surface area is 81.4 Å². The Bertz CT molecular complexity index is 130. The molecule has 0 saturated carbocycles. The van der Waals surface area contributed by atoms with Gasteiger partial charge in [0.05, 0.1) is 6.61 Å². The molecule has 0 spiro atoms. The molecule has 1 atom stereocenters. The lowest BCUT2D eigenvalue weighted by Crippen LogP contribution is -2.32. The molecule has 3 heteroatoms. The molecule has 1 unspecified atom stereocenters. The summed E-state index contributed by atoms with van der Waals surface area (Å²) in [6.07, 6.45) is 3.91. The predicted molar refractivity (Wildman–Crippen MR) is 55.0 cm³/mol. The first-order valence-electron chi connectivity index (χ1n) is 5.24. The van der Waals surface area contributed by atoms with Crippen LogP contribution in [0.4, 0.5) is 0 Å². The summed E-state index contributed by atoms with van der Waals surface area (Å²) in [4.78, 5) is 2.41. The summed E-state index contributed by atoms with van der Waals surface area (Å²) in [5.74, 6) is 0. The molecular formula is C10H22N2O. The van der Waals surface area contributed by atoms with Gasteiger partial charge in [0.1, 0.15) is 0 Å². The second-order valence-corrected chi connectivity index (χ2v) is 3.88. The van der Waals surface area contributed by atoms with E-state index in [1.165, 1.54) is 32.4 Å². The van der Waals surface area contributed by atoms with Gasteiger partial charge in [-0.2, -0.15) is 0 Å². The van der Waals surface area contributed by atoms with Crippen molar-refractivity contribution in [3.8, 4) is 0 Å². The Morgan fingerprint density at radius 1 is 1.38 bits per heavy atom. The highest BCUT2D eigenvalue weighted by Crippen LogP contribution is 2.08. The van der Waals surface area contributed by atoms with Crippen LogP contribution in [0.2, 0.25) is 0 Å². The fourth-order valence-corrected chi connectivity index (χ4v) is 1.81. The van der Waals surface area contributed by atoms with E-state index in [-0.39, 0.29) is 0 Å². The number of nitrogens with zero attached hydrogens (tertiary/aromatic N) is 1. The third-order valence-corrected chi connectivity index (χ3v) is 2.69. The van der Waals surface area contributed by atoms with Gasteiger partial charge in [-0.05, 0) is 39.4 Å². The van der Waals surface area contributed by atoms with Crippen molar-refractivity contribution in [3.63, 3.8) is 0 Å². The maximum absolute atomic E-state index is 5.01. The highest BCUT2D eigenvalue weighted by molar-refractivity contribution is 4.72. The van der Waals surface area contributed by atoms with E-state index in [1.54, 1.807) is 7.11 Å². The highest BCUT2D eigenvalue weighted by atomic mass is 16.5. The molecule has 0 amide bonds. The van der Waals surface area contributed by atoms with Crippen LogP contribution in [0.1, 0.15) is 19.3 Å². The molecule has 1 aliphatic heterocycles. The van der Waals surface area contributed by atoms with E-state index in [9.17, 15) is 0 Å². The average Bonchev–Trinajstić information content (AvgIpc) is 2.32. The summed E-state index contributed by atoms with van der Waals surface area (Å²) in [6, 6.07) is 0.708. The van der Waals surface area contributed by atoms with Crippen LogP contribution in [0, 0.1) is 0 Å². The van der Waals surface area contributed by atoms with E-state index in [1.807, 2.05) is 0 Å². The van der Waals surface area contributed by atoms with Crippen LogP contribution in [0.5, 0.6) is 0 Å². The lowest BCUT2D eigenvalue weighted by molar-refractivity contribution is 0.194. The van der Waals surface area contributed by atoms with Gasteiger partial charge < -0.3 is 15.0 Å². The molecule has 1 saturated heterocycles. The smallest absolute Gasteiger partial charge is 0.0587 e. The molecule has 1 fully saturated rings. The van der Waals surface area contributed by atoms with Gasteiger partial charge in [-0.25, -0.2) is 0 Å². The Balaban J connectivity index is 2.11. The molecule has 3 nitrogen and oxygen atoms in total. The Hall–Kier alpha value is -0.120. The van der Waals surface area contributed by atoms with Gasteiger partial charge in [-0.1, -0.05) is 0 Å². The number of hydrogen-bond donors (Lipinski definition) is 1. The normalized spacial score (nSPS) is 25.8. The summed E-state index contributed by atoms with van der Waals surface area (Å²) in [5.41, 5.74) is 0. The topological polar surface area (TPSA) is 24.5 Å². The van der Waals surface area contributed by atoms with E-state index in [2.05, 4.69) is 17.3 Å². The van der Waals surface area contributed by atoms with Crippen molar-refractivity contribution in [2.75, 3.05) is 40.4 Å². The maximum atomic E-state index is 5.01. The zero-order chi connectivity index (χ0) is 9.52. The molecule has 78 valence electrons.